The highest BCUT2D eigenvalue weighted by Gasteiger charge is 2.07. The van der Waals surface area contributed by atoms with E-state index in [4.69, 9.17) is 5.73 Å². The van der Waals surface area contributed by atoms with Gasteiger partial charge in [-0.05, 0) is 22.8 Å². The van der Waals surface area contributed by atoms with Gasteiger partial charge in [-0.2, -0.15) is 0 Å². The minimum atomic E-state index is 0.775. The van der Waals surface area contributed by atoms with E-state index in [1.54, 1.807) is 0 Å². The Bertz CT molecular complexity index is 567. The van der Waals surface area contributed by atoms with Gasteiger partial charge in [0.05, 0.1) is 0 Å². The molecule has 0 spiro atoms. The van der Waals surface area contributed by atoms with Gasteiger partial charge in [-0.3, -0.25) is 0 Å². The van der Waals surface area contributed by atoms with E-state index < -0.39 is 0 Å². The van der Waals surface area contributed by atoms with Crippen molar-refractivity contribution in [2.24, 2.45) is 0 Å². The first-order chi connectivity index (χ1) is 8.27. The summed E-state index contributed by atoms with van der Waals surface area (Å²) in [5.41, 5.74) is 11.0. The molecular weight excluding hydrogens is 206 g/mol. The zero-order valence-corrected chi connectivity index (χ0v) is 9.69. The highest BCUT2D eigenvalue weighted by molar-refractivity contribution is 5.85. The lowest BCUT2D eigenvalue weighted by Crippen LogP contribution is -1.92. The predicted octanol–water partition coefficient (Wildman–Crippen LogP) is 4.22. The molecule has 0 heterocycles. The lowest BCUT2D eigenvalue weighted by Gasteiger charge is -2.11. The minimum absolute atomic E-state index is 0.775. The molecule has 0 aromatic heterocycles. The van der Waals surface area contributed by atoms with Crippen LogP contribution in [0.15, 0.2) is 55.6 Å². The van der Waals surface area contributed by atoms with Crippen molar-refractivity contribution in [1.82, 2.24) is 0 Å². The Morgan fingerprint density at radius 3 is 2.18 bits per heavy atom. The molecule has 2 rings (SSSR count). The van der Waals surface area contributed by atoms with Gasteiger partial charge in [-0.1, -0.05) is 61.7 Å². The van der Waals surface area contributed by atoms with Crippen molar-refractivity contribution in [1.29, 1.82) is 0 Å². The van der Waals surface area contributed by atoms with Crippen molar-refractivity contribution in [2.45, 2.75) is 0 Å². The number of rotatable bonds is 3. The van der Waals surface area contributed by atoms with Crippen LogP contribution >= 0.6 is 0 Å². The first-order valence-corrected chi connectivity index (χ1v) is 5.50. The number of nitrogen functional groups attached to an aromatic ring is 1. The molecule has 0 amide bonds. The standard InChI is InChI=1S/C16H15N/c1-3-12-8-7-10-14(13(12)4-2)15-9-5-6-11-16(15)17/h3-11H,1-2,17H2. The molecule has 0 atom stereocenters. The molecule has 17 heavy (non-hydrogen) atoms. The summed E-state index contributed by atoms with van der Waals surface area (Å²) in [6, 6.07) is 13.9. The van der Waals surface area contributed by atoms with Crippen LogP contribution in [0.5, 0.6) is 0 Å². The molecule has 0 fully saturated rings. The average molecular weight is 221 g/mol. The summed E-state index contributed by atoms with van der Waals surface area (Å²) in [5.74, 6) is 0. The molecule has 0 saturated carbocycles. The van der Waals surface area contributed by atoms with Crippen LogP contribution in [0.4, 0.5) is 5.69 Å². The van der Waals surface area contributed by atoms with Crippen molar-refractivity contribution in [3.8, 4) is 11.1 Å². The zero-order chi connectivity index (χ0) is 12.3. The Morgan fingerprint density at radius 2 is 1.53 bits per heavy atom. The van der Waals surface area contributed by atoms with Crippen LogP contribution in [0.2, 0.25) is 0 Å². The molecule has 2 aromatic carbocycles. The normalized spacial score (nSPS) is 9.88. The molecule has 1 nitrogen and oxygen atoms in total. The number of benzene rings is 2. The summed E-state index contributed by atoms with van der Waals surface area (Å²) in [7, 11) is 0. The van der Waals surface area contributed by atoms with E-state index in [9.17, 15) is 0 Å². The average Bonchev–Trinajstić information content (AvgIpc) is 2.38. The summed E-state index contributed by atoms with van der Waals surface area (Å²) in [4.78, 5) is 0. The van der Waals surface area contributed by atoms with Crippen molar-refractivity contribution in [3.05, 3.63) is 66.7 Å². The fourth-order valence-corrected chi connectivity index (χ4v) is 1.97. The van der Waals surface area contributed by atoms with Crippen LogP contribution in [0.3, 0.4) is 0 Å². The van der Waals surface area contributed by atoms with E-state index in [0.717, 1.165) is 27.9 Å². The molecule has 0 saturated heterocycles. The van der Waals surface area contributed by atoms with E-state index in [-0.39, 0.29) is 0 Å². The maximum absolute atomic E-state index is 6.01. The Hall–Kier alpha value is -2.28. The molecule has 0 aliphatic carbocycles. The third kappa shape index (κ3) is 2.00. The van der Waals surface area contributed by atoms with E-state index in [2.05, 4.69) is 19.2 Å². The monoisotopic (exact) mass is 221 g/mol. The summed E-state index contributed by atoms with van der Waals surface area (Å²) >= 11 is 0. The van der Waals surface area contributed by atoms with E-state index >= 15 is 0 Å². The number of hydrogen-bond donors (Lipinski definition) is 1. The lowest BCUT2D eigenvalue weighted by atomic mass is 9.94. The zero-order valence-electron chi connectivity index (χ0n) is 9.69. The van der Waals surface area contributed by atoms with Gasteiger partial charge in [0.1, 0.15) is 0 Å². The number of hydrogen-bond acceptors (Lipinski definition) is 1. The molecule has 2 N–H and O–H groups in total. The van der Waals surface area contributed by atoms with Crippen molar-refractivity contribution >= 4 is 17.8 Å². The smallest absolute Gasteiger partial charge is 0.0393 e. The van der Waals surface area contributed by atoms with Crippen LogP contribution in [0.25, 0.3) is 23.3 Å². The highest BCUT2D eigenvalue weighted by atomic mass is 14.6. The molecule has 1 heteroatoms. The van der Waals surface area contributed by atoms with Crippen LogP contribution in [0.1, 0.15) is 11.1 Å². The molecule has 0 bridgehead atoms. The van der Waals surface area contributed by atoms with E-state index in [1.807, 2.05) is 48.6 Å². The lowest BCUT2D eigenvalue weighted by molar-refractivity contribution is 1.56. The summed E-state index contributed by atoms with van der Waals surface area (Å²) in [6.07, 6.45) is 3.68. The van der Waals surface area contributed by atoms with Gasteiger partial charge in [0.25, 0.3) is 0 Å². The Kier molecular flexibility index (Phi) is 3.10. The second-order valence-corrected chi connectivity index (χ2v) is 3.80. The van der Waals surface area contributed by atoms with Crippen molar-refractivity contribution < 1.29 is 0 Å². The first kappa shape index (κ1) is 11.2. The molecule has 0 radical (unpaired) electrons. The largest absolute Gasteiger partial charge is 0.398 e. The van der Waals surface area contributed by atoms with Crippen LogP contribution in [0, 0.1) is 0 Å². The van der Waals surface area contributed by atoms with E-state index in [1.165, 1.54) is 0 Å². The highest BCUT2D eigenvalue weighted by Crippen LogP contribution is 2.31. The minimum Gasteiger partial charge on any atom is -0.398 e. The first-order valence-electron chi connectivity index (χ1n) is 5.50. The Morgan fingerprint density at radius 1 is 0.824 bits per heavy atom. The van der Waals surface area contributed by atoms with Crippen molar-refractivity contribution in [2.75, 3.05) is 5.73 Å². The third-order valence-electron chi connectivity index (χ3n) is 2.81. The topological polar surface area (TPSA) is 26.0 Å². The molecule has 0 unspecified atom stereocenters. The van der Waals surface area contributed by atoms with Gasteiger partial charge in [0, 0.05) is 11.3 Å². The maximum atomic E-state index is 6.01. The van der Waals surface area contributed by atoms with Crippen LogP contribution in [-0.4, -0.2) is 0 Å². The Labute approximate surface area is 102 Å². The van der Waals surface area contributed by atoms with Gasteiger partial charge in [0.2, 0.25) is 0 Å². The third-order valence-corrected chi connectivity index (χ3v) is 2.81. The van der Waals surface area contributed by atoms with Gasteiger partial charge >= 0.3 is 0 Å². The number of para-hydroxylation sites is 1. The van der Waals surface area contributed by atoms with Crippen LogP contribution in [-0.2, 0) is 0 Å². The second kappa shape index (κ2) is 4.71. The number of anilines is 1. The summed E-state index contributed by atoms with van der Waals surface area (Å²) in [5, 5.41) is 0. The fraction of sp³-hybridized carbons (Fsp3) is 0. The quantitative estimate of drug-likeness (QED) is 0.771. The number of nitrogens with two attached hydrogens (primary N) is 1. The summed E-state index contributed by atoms with van der Waals surface area (Å²) in [6.45, 7) is 7.68. The van der Waals surface area contributed by atoms with Crippen molar-refractivity contribution in [3.63, 3.8) is 0 Å². The molecule has 0 aliphatic heterocycles. The van der Waals surface area contributed by atoms with Crippen LogP contribution < -0.4 is 5.73 Å². The molecule has 2 aromatic rings. The predicted molar refractivity (Wildman–Crippen MR) is 76.5 cm³/mol. The molecule has 0 aliphatic rings. The second-order valence-electron chi connectivity index (χ2n) is 3.80. The van der Waals surface area contributed by atoms with E-state index in [0.29, 0.717) is 0 Å². The SMILES string of the molecule is C=Cc1cccc(-c2ccccc2N)c1C=C. The van der Waals surface area contributed by atoms with Gasteiger partial charge in [-0.25, -0.2) is 0 Å². The van der Waals surface area contributed by atoms with Gasteiger partial charge in [-0.15, -0.1) is 0 Å². The summed E-state index contributed by atoms with van der Waals surface area (Å²) < 4.78 is 0. The Balaban J connectivity index is 2.72. The van der Waals surface area contributed by atoms with Gasteiger partial charge < -0.3 is 5.73 Å². The molecular formula is C16H15N. The van der Waals surface area contributed by atoms with Gasteiger partial charge in [0.15, 0.2) is 0 Å². The molecule has 84 valence electrons. The fourth-order valence-electron chi connectivity index (χ4n) is 1.97. The maximum Gasteiger partial charge on any atom is 0.0393 e.